The molecule has 1 atom stereocenters. The lowest BCUT2D eigenvalue weighted by molar-refractivity contribution is 0.101. The van der Waals surface area contributed by atoms with E-state index in [0.717, 1.165) is 6.42 Å². The number of piperidine rings is 1. The average molecular weight is 456 g/mol. The number of likely N-dealkylation sites (tertiary alicyclic amines) is 1. The molecule has 1 aliphatic rings. The lowest BCUT2D eigenvalue weighted by atomic mass is 10.1. The van der Waals surface area contributed by atoms with Crippen LogP contribution in [0.15, 0.2) is 34.9 Å². The van der Waals surface area contributed by atoms with Crippen LogP contribution < -0.4 is 11.1 Å². The third-order valence-corrected chi connectivity index (χ3v) is 5.68. The van der Waals surface area contributed by atoms with Gasteiger partial charge in [-0.25, -0.2) is 9.78 Å². The molecule has 3 aromatic heterocycles. The van der Waals surface area contributed by atoms with Crippen molar-refractivity contribution in [3.05, 3.63) is 41.2 Å². The molecule has 1 saturated heterocycles. The van der Waals surface area contributed by atoms with Gasteiger partial charge in [-0.15, -0.1) is 0 Å². The van der Waals surface area contributed by atoms with Crippen molar-refractivity contribution in [1.29, 1.82) is 0 Å². The Morgan fingerprint density at radius 3 is 2.97 bits per heavy atom. The number of nitrogen functional groups attached to an aromatic ring is 1. The van der Waals surface area contributed by atoms with E-state index in [-0.39, 0.29) is 30.1 Å². The molecular formula is C20H18ClN7O4. The highest BCUT2D eigenvalue weighted by molar-refractivity contribution is 6.31. The van der Waals surface area contributed by atoms with Crippen molar-refractivity contribution < 1.29 is 19.1 Å². The van der Waals surface area contributed by atoms with Crippen molar-refractivity contribution in [3.63, 3.8) is 0 Å². The maximum Gasteiger partial charge on any atom is 0.407 e. The number of pyridine rings is 1. The molecule has 12 heteroatoms. The summed E-state index contributed by atoms with van der Waals surface area (Å²) < 4.78 is 7.22. The van der Waals surface area contributed by atoms with Gasteiger partial charge in [-0.1, -0.05) is 11.6 Å². The van der Waals surface area contributed by atoms with E-state index in [4.69, 9.17) is 21.8 Å². The number of amides is 2. The van der Waals surface area contributed by atoms with Crippen LogP contribution in [0.2, 0.25) is 5.02 Å². The number of aromatic nitrogens is 4. The summed E-state index contributed by atoms with van der Waals surface area (Å²) in [7, 11) is 0. The van der Waals surface area contributed by atoms with Gasteiger partial charge in [-0.05, 0) is 37.1 Å². The maximum absolute atomic E-state index is 13.1. The summed E-state index contributed by atoms with van der Waals surface area (Å²) in [5.41, 5.74) is 7.71. The number of halogens is 1. The number of hydrogen-bond acceptors (Lipinski definition) is 7. The van der Waals surface area contributed by atoms with Gasteiger partial charge in [0.2, 0.25) is 0 Å². The predicted molar refractivity (Wildman–Crippen MR) is 117 cm³/mol. The van der Waals surface area contributed by atoms with Crippen molar-refractivity contribution in [2.75, 3.05) is 24.1 Å². The fourth-order valence-electron chi connectivity index (χ4n) is 3.99. The molecule has 0 aliphatic carbocycles. The van der Waals surface area contributed by atoms with Crippen LogP contribution >= 0.6 is 11.6 Å². The first-order chi connectivity index (χ1) is 15.4. The standard InChI is InChI=1S/C20H18ClN7O4/c21-10-3-4-14-12(8-10)24-19(32-14)25-18(29)16-15-13(5-6-23-17(15)22)28(26-16)11-2-1-7-27(9-11)20(30)31/h3-6,8,11H,1-2,7,9H2,(H2,22,23)(H,30,31)(H,24,25,29)/t11-/m1/s1. The summed E-state index contributed by atoms with van der Waals surface area (Å²) in [5, 5.41) is 17.4. The molecule has 0 spiro atoms. The van der Waals surface area contributed by atoms with E-state index >= 15 is 0 Å². The zero-order valence-electron chi connectivity index (χ0n) is 16.7. The van der Waals surface area contributed by atoms with Crippen molar-refractivity contribution >= 4 is 57.4 Å². The largest absolute Gasteiger partial charge is 0.465 e. The Morgan fingerprint density at radius 2 is 2.16 bits per heavy atom. The number of carboxylic acid groups (broad SMARTS) is 1. The van der Waals surface area contributed by atoms with Crippen molar-refractivity contribution in [2.24, 2.45) is 0 Å². The normalized spacial score (nSPS) is 16.5. The molecule has 32 heavy (non-hydrogen) atoms. The Bertz CT molecular complexity index is 1360. The molecule has 0 radical (unpaired) electrons. The first-order valence-electron chi connectivity index (χ1n) is 9.88. The minimum absolute atomic E-state index is 0.00727. The summed E-state index contributed by atoms with van der Waals surface area (Å²) in [6.45, 7) is 0.727. The quantitative estimate of drug-likeness (QED) is 0.425. The number of carbonyl (C=O) groups excluding carboxylic acids is 1. The van der Waals surface area contributed by atoms with Gasteiger partial charge >= 0.3 is 12.1 Å². The van der Waals surface area contributed by atoms with Gasteiger partial charge in [0.15, 0.2) is 11.3 Å². The molecule has 2 amide bonds. The van der Waals surface area contributed by atoms with Crippen molar-refractivity contribution in [2.45, 2.75) is 18.9 Å². The number of nitrogens with zero attached hydrogens (tertiary/aromatic N) is 5. The molecule has 164 valence electrons. The monoisotopic (exact) mass is 455 g/mol. The SMILES string of the molecule is Nc1nccc2c1c(C(=O)Nc1nc3cc(Cl)ccc3o1)nn2[C@@H]1CCCN(C(=O)O)C1. The van der Waals surface area contributed by atoms with Crippen LogP contribution in [-0.2, 0) is 0 Å². The Balaban J connectivity index is 1.51. The molecule has 1 aliphatic heterocycles. The highest BCUT2D eigenvalue weighted by atomic mass is 35.5. The van der Waals surface area contributed by atoms with E-state index in [0.29, 0.717) is 40.0 Å². The summed E-state index contributed by atoms with van der Waals surface area (Å²) in [6, 6.07) is 6.40. The molecule has 0 bridgehead atoms. The smallest absolute Gasteiger partial charge is 0.407 e. The van der Waals surface area contributed by atoms with E-state index in [1.807, 2.05) is 0 Å². The first-order valence-corrected chi connectivity index (χ1v) is 10.3. The van der Waals surface area contributed by atoms with Gasteiger partial charge in [0.25, 0.3) is 5.91 Å². The minimum Gasteiger partial charge on any atom is -0.465 e. The Kier molecular flexibility index (Phi) is 4.82. The molecule has 4 N–H and O–H groups in total. The second-order valence-electron chi connectivity index (χ2n) is 7.49. The zero-order chi connectivity index (χ0) is 22.4. The highest BCUT2D eigenvalue weighted by Gasteiger charge is 2.29. The number of rotatable bonds is 3. The second kappa shape index (κ2) is 7.68. The number of hydrogen-bond donors (Lipinski definition) is 3. The number of anilines is 2. The van der Waals surface area contributed by atoms with Gasteiger partial charge in [0.05, 0.1) is 16.9 Å². The van der Waals surface area contributed by atoms with Crippen LogP contribution in [-0.4, -0.2) is 54.8 Å². The second-order valence-corrected chi connectivity index (χ2v) is 7.93. The molecule has 1 fully saturated rings. The average Bonchev–Trinajstić information content (AvgIpc) is 3.35. The van der Waals surface area contributed by atoms with Gasteiger partial charge in [-0.2, -0.15) is 10.1 Å². The van der Waals surface area contributed by atoms with E-state index < -0.39 is 12.0 Å². The summed E-state index contributed by atoms with van der Waals surface area (Å²) >= 11 is 5.98. The van der Waals surface area contributed by atoms with Crippen molar-refractivity contribution in [3.8, 4) is 0 Å². The van der Waals surface area contributed by atoms with Crippen molar-refractivity contribution in [1.82, 2.24) is 24.6 Å². The van der Waals surface area contributed by atoms with E-state index in [9.17, 15) is 14.7 Å². The molecule has 5 rings (SSSR count). The third-order valence-electron chi connectivity index (χ3n) is 5.45. The zero-order valence-corrected chi connectivity index (χ0v) is 17.4. The number of fused-ring (bicyclic) bond motifs is 2. The molecule has 11 nitrogen and oxygen atoms in total. The molecular weight excluding hydrogens is 438 g/mol. The number of nitrogens with two attached hydrogens (primary N) is 1. The van der Waals surface area contributed by atoms with Gasteiger partial charge < -0.3 is 20.2 Å². The van der Waals surface area contributed by atoms with Crippen LogP contribution in [0.25, 0.3) is 22.0 Å². The Labute approximate surface area is 185 Å². The summed E-state index contributed by atoms with van der Waals surface area (Å²) in [5.74, 6) is -0.425. The maximum atomic E-state index is 13.1. The molecule has 0 saturated carbocycles. The van der Waals surface area contributed by atoms with Crippen LogP contribution in [0.4, 0.5) is 16.6 Å². The fourth-order valence-corrected chi connectivity index (χ4v) is 4.15. The van der Waals surface area contributed by atoms with Gasteiger partial charge in [0.1, 0.15) is 11.3 Å². The highest BCUT2D eigenvalue weighted by Crippen LogP contribution is 2.30. The van der Waals surface area contributed by atoms with E-state index in [1.165, 1.54) is 11.1 Å². The number of carbonyl (C=O) groups is 2. The van der Waals surface area contributed by atoms with Crippen LogP contribution in [0.1, 0.15) is 29.4 Å². The topological polar surface area (TPSA) is 152 Å². The minimum atomic E-state index is -0.985. The van der Waals surface area contributed by atoms with Crippen LogP contribution in [0.5, 0.6) is 0 Å². The fraction of sp³-hybridized carbons (Fsp3) is 0.250. The molecule has 0 unspecified atom stereocenters. The van der Waals surface area contributed by atoms with Gasteiger partial charge in [-0.3, -0.25) is 14.8 Å². The summed E-state index contributed by atoms with van der Waals surface area (Å²) in [4.78, 5) is 34.2. The van der Waals surface area contributed by atoms with Crippen LogP contribution in [0, 0.1) is 0 Å². The van der Waals surface area contributed by atoms with Gasteiger partial charge in [0, 0.05) is 24.3 Å². The number of benzene rings is 1. The lowest BCUT2D eigenvalue weighted by Gasteiger charge is -2.31. The lowest BCUT2D eigenvalue weighted by Crippen LogP contribution is -2.40. The molecule has 1 aromatic carbocycles. The van der Waals surface area contributed by atoms with Crippen LogP contribution in [0.3, 0.4) is 0 Å². The number of nitrogens with one attached hydrogen (secondary N) is 1. The van der Waals surface area contributed by atoms with E-state index in [2.05, 4.69) is 20.4 Å². The first kappa shape index (κ1) is 20.1. The number of oxazole rings is 1. The summed E-state index contributed by atoms with van der Waals surface area (Å²) in [6.07, 6.45) is 1.95. The molecule has 4 heterocycles. The Hall–Kier alpha value is -3.86. The Morgan fingerprint density at radius 1 is 1.31 bits per heavy atom. The third kappa shape index (κ3) is 3.46. The predicted octanol–water partition coefficient (Wildman–Crippen LogP) is 3.38. The molecule has 4 aromatic rings. The van der Waals surface area contributed by atoms with E-state index in [1.54, 1.807) is 28.9 Å².